The van der Waals surface area contributed by atoms with Gasteiger partial charge in [-0.05, 0) is 39.0 Å². The Hall–Kier alpha value is -2.17. The number of fused-ring (bicyclic) bond motifs is 1. The molecule has 2 N–H and O–H groups in total. The lowest BCUT2D eigenvalue weighted by molar-refractivity contribution is 0.0595. The van der Waals surface area contributed by atoms with Crippen molar-refractivity contribution in [3.05, 3.63) is 42.2 Å². The standard InChI is InChI=1S/C22H28N4O4.C2H6O.2ClH/c1-22(2)13-19(28)18-5-4-17(12-20(18)30-22)29-15-16(27)14-25-8-10-26(11-9-25)21-23-6-3-7-24-21;1-2-3;;/h3-7,12,16,27H,8-11,13-15H2,1-2H3;3H,2H2,1H3;2*1H. The molecule has 3 heterocycles. The van der Waals surface area contributed by atoms with Gasteiger partial charge in [0.25, 0.3) is 0 Å². The van der Waals surface area contributed by atoms with Crippen LogP contribution in [0.4, 0.5) is 5.95 Å². The van der Waals surface area contributed by atoms with Crippen molar-refractivity contribution in [3.8, 4) is 11.5 Å². The van der Waals surface area contributed by atoms with Crippen LogP contribution in [0.25, 0.3) is 0 Å². The lowest BCUT2D eigenvalue weighted by Gasteiger charge is -2.35. The Morgan fingerprint density at radius 3 is 2.40 bits per heavy atom. The zero-order chi connectivity index (χ0) is 23.8. The molecule has 0 aliphatic carbocycles. The first-order valence-corrected chi connectivity index (χ1v) is 11.3. The second-order valence-corrected chi connectivity index (χ2v) is 8.74. The van der Waals surface area contributed by atoms with Gasteiger partial charge in [0.15, 0.2) is 5.78 Å². The van der Waals surface area contributed by atoms with Crippen molar-refractivity contribution in [2.45, 2.75) is 38.9 Å². The van der Waals surface area contributed by atoms with E-state index in [4.69, 9.17) is 14.6 Å². The topological polar surface area (TPSA) is 108 Å². The van der Waals surface area contributed by atoms with Crippen molar-refractivity contribution in [3.63, 3.8) is 0 Å². The van der Waals surface area contributed by atoms with E-state index in [1.807, 2.05) is 19.9 Å². The molecule has 1 fully saturated rings. The SMILES string of the molecule is CC1(C)CC(=O)c2ccc(OCC(O)CN3CCN(c4ncccn4)CC3)cc2O1.CCO.Cl.Cl. The highest BCUT2D eigenvalue weighted by Crippen LogP contribution is 2.35. The third kappa shape index (κ3) is 9.09. The lowest BCUT2D eigenvalue weighted by atomic mass is 9.93. The van der Waals surface area contributed by atoms with Gasteiger partial charge in [-0.25, -0.2) is 9.97 Å². The van der Waals surface area contributed by atoms with Crippen LogP contribution in [0.5, 0.6) is 11.5 Å². The van der Waals surface area contributed by atoms with E-state index in [9.17, 15) is 9.90 Å². The molecule has 2 aromatic rings. The summed E-state index contributed by atoms with van der Waals surface area (Å²) in [6.45, 7) is 9.75. The molecule has 0 bridgehead atoms. The summed E-state index contributed by atoms with van der Waals surface area (Å²) in [4.78, 5) is 25.2. The molecule has 4 rings (SSSR count). The van der Waals surface area contributed by atoms with Gasteiger partial charge in [0.05, 0.1) is 12.0 Å². The zero-order valence-corrected chi connectivity index (χ0v) is 22.1. The van der Waals surface area contributed by atoms with E-state index in [1.165, 1.54) is 0 Å². The summed E-state index contributed by atoms with van der Waals surface area (Å²) in [5.74, 6) is 1.96. The monoisotopic (exact) mass is 530 g/mol. The minimum absolute atomic E-state index is 0. The van der Waals surface area contributed by atoms with Crippen LogP contribution in [-0.2, 0) is 0 Å². The molecule has 0 radical (unpaired) electrons. The van der Waals surface area contributed by atoms with Gasteiger partial charge in [-0.15, -0.1) is 24.8 Å². The summed E-state index contributed by atoms with van der Waals surface area (Å²) in [5, 5.41) is 18.0. The predicted molar refractivity (Wildman–Crippen MR) is 140 cm³/mol. The van der Waals surface area contributed by atoms with Crippen LogP contribution in [0.3, 0.4) is 0 Å². The predicted octanol–water partition coefficient (Wildman–Crippen LogP) is 2.62. The van der Waals surface area contributed by atoms with E-state index in [0.717, 1.165) is 32.1 Å². The number of aliphatic hydroxyl groups is 2. The largest absolute Gasteiger partial charge is 0.491 e. The summed E-state index contributed by atoms with van der Waals surface area (Å²) in [6, 6.07) is 7.03. The van der Waals surface area contributed by atoms with Gasteiger partial charge in [-0.2, -0.15) is 0 Å². The number of hydrogen-bond donors (Lipinski definition) is 2. The molecule has 1 aromatic heterocycles. The fourth-order valence-electron chi connectivity index (χ4n) is 3.85. The summed E-state index contributed by atoms with van der Waals surface area (Å²) >= 11 is 0. The molecule has 0 amide bonds. The summed E-state index contributed by atoms with van der Waals surface area (Å²) < 4.78 is 11.7. The molecular weight excluding hydrogens is 495 g/mol. The highest BCUT2D eigenvalue weighted by molar-refractivity contribution is 6.00. The Labute approximate surface area is 219 Å². The lowest BCUT2D eigenvalue weighted by Crippen LogP contribution is -2.49. The average molecular weight is 531 g/mol. The molecule has 196 valence electrons. The first-order valence-electron chi connectivity index (χ1n) is 11.3. The number of hydrogen-bond acceptors (Lipinski definition) is 9. The minimum Gasteiger partial charge on any atom is -0.491 e. The molecule has 35 heavy (non-hydrogen) atoms. The van der Waals surface area contributed by atoms with Crippen LogP contribution in [0.2, 0.25) is 0 Å². The third-order valence-electron chi connectivity index (χ3n) is 5.34. The van der Waals surface area contributed by atoms with E-state index < -0.39 is 11.7 Å². The maximum absolute atomic E-state index is 12.2. The van der Waals surface area contributed by atoms with E-state index in [1.54, 1.807) is 37.5 Å². The minimum atomic E-state index is -0.612. The number of ketones is 1. The van der Waals surface area contributed by atoms with E-state index in [2.05, 4.69) is 19.8 Å². The van der Waals surface area contributed by atoms with Gasteiger partial charge in [0.1, 0.15) is 29.8 Å². The van der Waals surface area contributed by atoms with E-state index in [-0.39, 0.29) is 43.8 Å². The highest BCUT2D eigenvalue weighted by atomic mass is 35.5. The van der Waals surface area contributed by atoms with Gasteiger partial charge in [0.2, 0.25) is 5.95 Å². The molecule has 1 aromatic carbocycles. The van der Waals surface area contributed by atoms with Crippen LogP contribution < -0.4 is 14.4 Å². The van der Waals surface area contributed by atoms with Crippen molar-refractivity contribution in [1.82, 2.24) is 14.9 Å². The Morgan fingerprint density at radius 1 is 1.14 bits per heavy atom. The van der Waals surface area contributed by atoms with Crippen molar-refractivity contribution in [1.29, 1.82) is 0 Å². The Balaban J connectivity index is 0.00000117. The number of rotatable bonds is 6. The average Bonchev–Trinajstić information content (AvgIpc) is 2.78. The number of anilines is 1. The molecule has 9 nitrogen and oxygen atoms in total. The molecule has 2 aliphatic heterocycles. The first-order chi connectivity index (χ1) is 15.8. The number of benzene rings is 1. The first kappa shape index (κ1) is 30.9. The number of β-amino-alcohol motifs (C(OH)–C–C–N with tert-alkyl or cyclic N) is 1. The van der Waals surface area contributed by atoms with Crippen LogP contribution >= 0.6 is 24.8 Å². The number of carbonyl (C=O) groups is 1. The van der Waals surface area contributed by atoms with Crippen molar-refractivity contribution < 1.29 is 24.5 Å². The van der Waals surface area contributed by atoms with Gasteiger partial charge in [0, 0.05) is 57.8 Å². The normalized spacial score (nSPS) is 17.4. The number of piperazine rings is 1. The molecule has 11 heteroatoms. The van der Waals surface area contributed by atoms with Crippen molar-refractivity contribution >= 4 is 36.5 Å². The number of nitrogens with zero attached hydrogens (tertiary/aromatic N) is 4. The quantitative estimate of drug-likeness (QED) is 0.582. The molecule has 2 aliphatic rings. The number of Topliss-reactive ketones (excluding diaryl/α,β-unsaturated/α-hetero) is 1. The summed E-state index contributed by atoms with van der Waals surface area (Å²) in [5.41, 5.74) is 0.0669. The number of ether oxygens (including phenoxy) is 2. The maximum Gasteiger partial charge on any atom is 0.225 e. The Bertz CT molecular complexity index is 912. The molecule has 0 saturated carbocycles. The van der Waals surface area contributed by atoms with Crippen molar-refractivity contribution in [2.75, 3.05) is 50.8 Å². The van der Waals surface area contributed by atoms with Gasteiger partial charge >= 0.3 is 0 Å². The van der Waals surface area contributed by atoms with Crippen LogP contribution in [0.1, 0.15) is 37.6 Å². The molecular formula is C24H36Cl2N4O5. The van der Waals surface area contributed by atoms with E-state index in [0.29, 0.717) is 30.0 Å². The molecule has 0 spiro atoms. The highest BCUT2D eigenvalue weighted by Gasteiger charge is 2.32. The zero-order valence-electron chi connectivity index (χ0n) is 20.4. The van der Waals surface area contributed by atoms with Gasteiger partial charge in [-0.1, -0.05) is 0 Å². The van der Waals surface area contributed by atoms with Gasteiger partial charge in [-0.3, -0.25) is 9.69 Å². The number of carbonyl (C=O) groups excluding carboxylic acids is 1. The van der Waals surface area contributed by atoms with Gasteiger partial charge < -0.3 is 24.6 Å². The van der Waals surface area contributed by atoms with Crippen molar-refractivity contribution in [2.24, 2.45) is 0 Å². The Morgan fingerprint density at radius 2 is 1.77 bits per heavy atom. The number of aliphatic hydroxyl groups excluding tert-OH is 2. The van der Waals surface area contributed by atoms with Crippen LogP contribution in [0.15, 0.2) is 36.7 Å². The Kier molecular flexibility index (Phi) is 12.7. The molecule has 1 atom stereocenters. The smallest absolute Gasteiger partial charge is 0.225 e. The number of halogens is 2. The van der Waals surface area contributed by atoms with E-state index >= 15 is 0 Å². The molecule has 1 saturated heterocycles. The second kappa shape index (κ2) is 14.4. The number of aromatic nitrogens is 2. The summed E-state index contributed by atoms with van der Waals surface area (Å²) in [7, 11) is 0. The fraction of sp³-hybridized carbons (Fsp3) is 0.542. The summed E-state index contributed by atoms with van der Waals surface area (Å²) in [6.07, 6.45) is 3.25. The van der Waals surface area contributed by atoms with Crippen LogP contribution in [-0.4, -0.2) is 88.5 Å². The second-order valence-electron chi connectivity index (χ2n) is 8.74. The maximum atomic E-state index is 12.2. The fourth-order valence-corrected chi connectivity index (χ4v) is 3.85. The van der Waals surface area contributed by atoms with Crippen LogP contribution in [0, 0.1) is 0 Å². The third-order valence-corrected chi connectivity index (χ3v) is 5.34. The molecule has 1 unspecified atom stereocenters.